The Morgan fingerprint density at radius 1 is 0.462 bits per heavy atom. The fourth-order valence-electron chi connectivity index (χ4n) is 18.6. The van der Waals surface area contributed by atoms with Crippen molar-refractivity contribution in [2.45, 2.75) is 170 Å². The predicted octanol–water partition coefficient (Wildman–Crippen LogP) is 14.0. The molecule has 10 heterocycles. The summed E-state index contributed by atoms with van der Waals surface area (Å²) in [5.41, 5.74) is 26.3. The van der Waals surface area contributed by atoms with Gasteiger partial charge in [-0.3, -0.25) is 72.8 Å². The molecule has 6 atom stereocenters. The molecule has 145 heavy (non-hydrogen) atoms. The number of furan rings is 3. The molecule has 12 aromatic rings. The van der Waals surface area contributed by atoms with Crippen molar-refractivity contribution < 1.29 is 89.2 Å². The number of halogens is 3. The maximum absolute atomic E-state index is 15.8. The molecule has 17 rings (SSSR count). The lowest BCUT2D eigenvalue weighted by Crippen LogP contribution is -2.54. The third-order valence-electron chi connectivity index (χ3n) is 27.0. The number of primary amides is 4. The quantitative estimate of drug-likeness (QED) is 0.0148. The number of methoxy groups -OCH3 is 3. The van der Waals surface area contributed by atoms with Crippen molar-refractivity contribution in [3.05, 3.63) is 239 Å². The normalized spacial score (nSPS) is 20.3. The summed E-state index contributed by atoms with van der Waals surface area (Å²) < 4.78 is 82.9. The lowest BCUT2D eigenvalue weighted by Gasteiger charge is -2.43. The first-order valence-corrected chi connectivity index (χ1v) is 46.7. The van der Waals surface area contributed by atoms with E-state index in [-0.39, 0.29) is 146 Å². The Labute approximate surface area is 831 Å². The van der Waals surface area contributed by atoms with E-state index in [0.717, 1.165) is 104 Å². The van der Waals surface area contributed by atoms with Crippen LogP contribution in [0.2, 0.25) is 0 Å². The number of aromatic nitrogens is 8. The maximum Gasteiger partial charge on any atom is 0.412 e. The molecule has 7 aromatic heterocycles. The average Bonchev–Trinajstić information content (AvgIpc) is 1.67. The second kappa shape index (κ2) is 45.8. The molecule has 0 spiro atoms. The molecular formula is C103H110F3N23O16. The predicted molar refractivity (Wildman–Crippen MR) is 522 cm³/mol. The number of hydrogen-bond donors (Lipinski definition) is 10. The first-order valence-electron chi connectivity index (χ1n) is 46.7. The summed E-state index contributed by atoms with van der Waals surface area (Å²) in [5, 5.41) is 87.3. The molecule has 5 fully saturated rings. The van der Waals surface area contributed by atoms with Crippen LogP contribution in [0.5, 0.6) is 11.5 Å². The number of aryl methyl sites for hydroxylation is 2. The number of aromatic hydroxyl groups is 2. The summed E-state index contributed by atoms with van der Waals surface area (Å²) in [6, 6.07) is 54.9. The van der Waals surface area contributed by atoms with Gasteiger partial charge in [-0.05, 0) is 160 Å². The Morgan fingerprint density at radius 3 is 1.32 bits per heavy atom. The molecule has 5 aliphatic rings. The van der Waals surface area contributed by atoms with E-state index in [4.69, 9.17) is 36.2 Å². The van der Waals surface area contributed by atoms with Gasteiger partial charge < -0.3 is 71.2 Å². The monoisotopic (exact) mass is 1980 g/mol. The van der Waals surface area contributed by atoms with Crippen LogP contribution in [0.1, 0.15) is 159 Å². The number of anilines is 4. The van der Waals surface area contributed by atoms with Gasteiger partial charge in [0, 0.05) is 118 Å². The van der Waals surface area contributed by atoms with Crippen molar-refractivity contribution in [1.82, 2.24) is 53.8 Å². The Morgan fingerprint density at radius 2 is 0.890 bits per heavy atom. The van der Waals surface area contributed by atoms with E-state index in [1.54, 1.807) is 47.3 Å². The van der Waals surface area contributed by atoms with Crippen LogP contribution < -0.4 is 44.2 Å². The molecule has 39 nitrogen and oxygen atoms in total. The van der Waals surface area contributed by atoms with E-state index >= 15 is 13.2 Å². The summed E-state index contributed by atoms with van der Waals surface area (Å²) in [6.07, 6.45) is 7.20. The highest BCUT2D eigenvalue weighted by molar-refractivity contribution is 6.03. The summed E-state index contributed by atoms with van der Waals surface area (Å²) in [7, 11) is 3.51. The second-order valence-electron chi connectivity index (χ2n) is 36.5. The van der Waals surface area contributed by atoms with E-state index in [0.29, 0.717) is 56.2 Å². The third kappa shape index (κ3) is 24.2. The number of ether oxygens (including phenoxy) is 3. The van der Waals surface area contributed by atoms with Crippen LogP contribution in [0, 0.1) is 65.1 Å². The van der Waals surface area contributed by atoms with E-state index in [2.05, 4.69) is 98.3 Å². The number of hydrogen-bond acceptors (Lipinski definition) is 28. The van der Waals surface area contributed by atoms with Gasteiger partial charge in [-0.15, -0.1) is 0 Å². The summed E-state index contributed by atoms with van der Waals surface area (Å²) in [4.78, 5) is 101. The number of alkyl halides is 3. The number of nitrogens with two attached hydrogens (primary N) is 4. The number of phenolic OH excluding ortho intramolecular Hbond substituents is 2. The fourth-order valence-corrected chi connectivity index (χ4v) is 18.6. The van der Waals surface area contributed by atoms with Crippen molar-refractivity contribution >= 4 is 70.8 Å². The van der Waals surface area contributed by atoms with Gasteiger partial charge in [0.2, 0.25) is 5.91 Å². The van der Waals surface area contributed by atoms with Crippen LogP contribution >= 0.6 is 0 Å². The zero-order valence-electron chi connectivity index (χ0n) is 80.2. The van der Waals surface area contributed by atoms with Crippen molar-refractivity contribution in [1.29, 1.82) is 21.0 Å². The number of amides is 7. The molecule has 7 amide bonds. The lowest BCUT2D eigenvalue weighted by atomic mass is 9.77. The first kappa shape index (κ1) is 104. The smallest absolute Gasteiger partial charge is 0.412 e. The molecule has 754 valence electrons. The van der Waals surface area contributed by atoms with Gasteiger partial charge in [0.05, 0.1) is 113 Å². The lowest BCUT2D eigenvalue weighted by molar-refractivity contribution is -0.139. The number of esters is 1. The molecule has 5 aromatic carbocycles. The number of nitriles is 4. The molecular weight excluding hydrogens is 1870 g/mol. The largest absolute Gasteiger partial charge is 0.507 e. The van der Waals surface area contributed by atoms with Crippen molar-refractivity contribution in [2.75, 3.05) is 81.9 Å². The Hall–Kier alpha value is -16.8. The summed E-state index contributed by atoms with van der Waals surface area (Å²) >= 11 is 0. The van der Waals surface area contributed by atoms with Gasteiger partial charge in [0.25, 0.3) is 23.6 Å². The third-order valence-corrected chi connectivity index (χ3v) is 27.0. The minimum absolute atomic E-state index is 0.00399. The van der Waals surface area contributed by atoms with Gasteiger partial charge in [-0.2, -0.15) is 41.4 Å². The van der Waals surface area contributed by atoms with Crippen LogP contribution in [0.25, 0.3) is 44.9 Å². The summed E-state index contributed by atoms with van der Waals surface area (Å²) in [6.45, 7) is 6.38. The number of likely N-dealkylation sites (tertiary alicyclic amines) is 3. The highest BCUT2D eigenvalue weighted by Crippen LogP contribution is 2.45. The number of carbonyl (C=O) groups excluding carboxylic acids is 8. The minimum Gasteiger partial charge on any atom is -0.507 e. The van der Waals surface area contributed by atoms with Gasteiger partial charge in [0.1, 0.15) is 86.4 Å². The number of nitrogens with zero attached hydrogens (tertiary/aromatic N) is 15. The van der Waals surface area contributed by atoms with Crippen molar-refractivity contribution in [3.63, 3.8) is 0 Å². The molecule has 14 N–H and O–H groups in total. The van der Waals surface area contributed by atoms with Crippen molar-refractivity contribution in [2.24, 2.45) is 28.9 Å². The van der Waals surface area contributed by atoms with E-state index in [1.807, 2.05) is 120 Å². The topological polar surface area (TPSA) is 572 Å². The molecule has 0 radical (unpaired) electrons. The minimum atomic E-state index is -1.54. The molecule has 2 saturated carbocycles. The fraction of sp³-hybridized carbons (Fsp3) is 0.359. The van der Waals surface area contributed by atoms with Gasteiger partial charge in [-0.25, -0.2) is 22.8 Å². The molecule has 42 heteroatoms. The Balaban J connectivity index is 0.000000153. The molecule has 0 bridgehead atoms. The van der Waals surface area contributed by atoms with Crippen LogP contribution in [-0.4, -0.2) is 197 Å². The van der Waals surface area contributed by atoms with Crippen LogP contribution in [-0.2, 0) is 72.0 Å². The Kier molecular flexibility index (Phi) is 32.9. The number of piperidine rings is 3. The maximum atomic E-state index is 15.8. The standard InChI is InChI=1S/C28H30N6O2.C25H27FN6O5.C25H27FN6O4.C25H26FN5O5/c29-17-16-28(34-18-24(25(30)35)26(33-34)32-27(36)21-6-7-21)14-12-23(13-15-28)31-22-10-8-20(9-11-22)19-4-2-1-3-5-19;1-15-3-6-20(37-15)17-5-4-16(11-19(17)33)12-31-10-8-25(7-9-27,21(26)14-31)32-13-18(22(28)34)23(30-32)29-24(35)36-2;1-16-3-8-20(36-16)18-6-4-17(5-7-18)13-31-12-10-25(9-11-27,21(26)15-31)32-14-19(22(28)33)23(30-32)29-24(34)35-2;1-35-23(33)11-20-19(24(28)34)13-31(29-20)25(5-7-27)6-8-30(14-22(25)26)12-16-2-3-18(21(32)10-16)17-4-9-36-15-17/h1-5,8-11,18,21,23,31H,6-7,12-16H2,(H2,30,35)(H,32,33,36);3-6,11,13,21,33H,7-8,10,12,14H2,1-2H3,(H2,28,34)(H,29,30,35);3-8,14,21H,9-10,12-13,15H2,1-2H3,(H2,28,33)(H,29,30,34);2-4,9-10,13,15,22,32H,5-6,8,11-12,14H2,1H3,(H2,28,34). The number of benzene rings is 5. The second-order valence-corrected chi connectivity index (χ2v) is 36.5. The molecule has 2 aliphatic carbocycles. The van der Waals surface area contributed by atoms with Crippen LogP contribution in [0.4, 0.5) is 45.9 Å². The number of carbonyl (C=O) groups is 8. The Bertz CT molecular complexity index is 6860. The highest BCUT2D eigenvalue weighted by atomic mass is 19.1. The van der Waals surface area contributed by atoms with Gasteiger partial charge in [0.15, 0.2) is 17.5 Å². The zero-order chi connectivity index (χ0) is 104. The zero-order valence-corrected chi connectivity index (χ0v) is 80.2. The number of phenols is 2. The molecule has 6 unspecified atom stereocenters. The van der Waals surface area contributed by atoms with E-state index in [1.165, 1.54) is 63.4 Å². The van der Waals surface area contributed by atoms with Crippen LogP contribution in [0.15, 0.2) is 196 Å². The van der Waals surface area contributed by atoms with Crippen LogP contribution in [0.3, 0.4) is 0 Å². The molecule has 3 aliphatic heterocycles. The SMILES string of the molecule is COC(=O)Cc1nn(C2(CC#N)CCN(Cc3ccc(-c4ccoc4)c(O)c3)CC2F)cc1C(N)=O.COC(=O)Nc1nn(C2(CC#N)CCN(Cc3ccc(-c4ccc(C)o4)c(O)c3)CC2F)cc1C(N)=O.COC(=O)Nc1nn(C2(CC#N)CCN(Cc3ccc(-c4ccc(C)o4)cc3)CC2F)cc1C(N)=O.N#CCC1(n2cc(C(N)=O)c(NC(=O)C3CC3)n2)CCC(Nc2ccc(-c3ccccc3)cc2)CC1. The van der Waals surface area contributed by atoms with Gasteiger partial charge >= 0.3 is 18.2 Å². The molecule has 3 saturated heterocycles. The highest BCUT2D eigenvalue weighted by Gasteiger charge is 2.51. The first-order chi connectivity index (χ1) is 69.6. The number of rotatable bonds is 30. The van der Waals surface area contributed by atoms with Gasteiger partial charge in [-0.1, -0.05) is 84.9 Å². The average molecular weight is 1980 g/mol. The van der Waals surface area contributed by atoms with Crippen molar-refractivity contribution in [3.8, 4) is 80.7 Å². The van der Waals surface area contributed by atoms with E-state index < -0.39 is 82.5 Å². The summed E-state index contributed by atoms with van der Waals surface area (Å²) in [5.74, 6) is -1.01. The number of nitrogens with one attached hydrogen (secondary N) is 4. The van der Waals surface area contributed by atoms with E-state index in [9.17, 15) is 69.6 Å².